The van der Waals surface area contributed by atoms with Crippen LogP contribution >= 0.6 is 0 Å². The fraction of sp³-hybridized carbons (Fsp3) is 0.222. The smallest absolute Gasteiger partial charge is 0.313 e. The van der Waals surface area contributed by atoms with Crippen LogP contribution in [0.3, 0.4) is 0 Å². The van der Waals surface area contributed by atoms with Gasteiger partial charge in [-0.05, 0) is 6.92 Å². The van der Waals surface area contributed by atoms with Crippen molar-refractivity contribution in [2.75, 3.05) is 0 Å². The van der Waals surface area contributed by atoms with Crippen LogP contribution in [0.15, 0.2) is 15.8 Å². The van der Waals surface area contributed by atoms with Crippen LogP contribution in [0.5, 0.6) is 0 Å². The zero-order valence-corrected chi connectivity index (χ0v) is 8.25. The Balaban J connectivity index is 2.98. The van der Waals surface area contributed by atoms with Crippen molar-refractivity contribution in [2.24, 2.45) is 0 Å². The molecule has 0 aromatic carbocycles. The van der Waals surface area contributed by atoms with Gasteiger partial charge in [-0.2, -0.15) is 13.8 Å². The molecule has 2 aromatic heterocycles. The Kier molecular flexibility index (Phi) is 2.30. The molecule has 0 amide bonds. The fourth-order valence-electron chi connectivity index (χ4n) is 1.36. The van der Waals surface area contributed by atoms with E-state index in [0.29, 0.717) is 6.54 Å². The Morgan fingerprint density at radius 3 is 2.75 bits per heavy atom. The summed E-state index contributed by atoms with van der Waals surface area (Å²) in [5.41, 5.74) is -1.99. The number of hydrogen-bond donors (Lipinski definition) is 1. The first-order chi connectivity index (χ1) is 7.54. The van der Waals surface area contributed by atoms with Gasteiger partial charge in [-0.15, -0.1) is 0 Å². The van der Waals surface area contributed by atoms with Gasteiger partial charge in [0.1, 0.15) is 0 Å². The van der Waals surface area contributed by atoms with Crippen LogP contribution in [-0.4, -0.2) is 14.5 Å². The summed E-state index contributed by atoms with van der Waals surface area (Å²) in [5.74, 6) is -2.92. The highest BCUT2D eigenvalue weighted by atomic mass is 19.2. The average Bonchev–Trinajstić information content (AvgIpc) is 2.26. The molecule has 0 atom stereocenters. The van der Waals surface area contributed by atoms with E-state index in [1.54, 1.807) is 6.92 Å². The quantitative estimate of drug-likeness (QED) is 0.716. The van der Waals surface area contributed by atoms with Crippen molar-refractivity contribution in [1.82, 2.24) is 14.5 Å². The number of halogens is 2. The predicted molar refractivity (Wildman–Crippen MR) is 52.2 cm³/mol. The number of aromatic nitrogens is 3. The topological polar surface area (TPSA) is 67.8 Å². The third kappa shape index (κ3) is 1.40. The van der Waals surface area contributed by atoms with Crippen LogP contribution in [0, 0.1) is 11.8 Å². The van der Waals surface area contributed by atoms with Crippen molar-refractivity contribution in [1.29, 1.82) is 0 Å². The number of aromatic amines is 1. The second-order valence-electron chi connectivity index (χ2n) is 3.15. The van der Waals surface area contributed by atoms with Gasteiger partial charge >= 0.3 is 5.69 Å². The third-order valence-corrected chi connectivity index (χ3v) is 2.20. The Labute approximate surface area is 87.4 Å². The lowest BCUT2D eigenvalue weighted by Crippen LogP contribution is -2.25. The van der Waals surface area contributed by atoms with Gasteiger partial charge in [0.15, 0.2) is 5.65 Å². The lowest BCUT2D eigenvalue weighted by molar-refractivity contribution is 0.477. The third-order valence-electron chi connectivity index (χ3n) is 2.20. The van der Waals surface area contributed by atoms with E-state index in [1.807, 2.05) is 4.98 Å². The molecular weight excluding hydrogens is 220 g/mol. The van der Waals surface area contributed by atoms with Crippen molar-refractivity contribution in [3.05, 3.63) is 38.7 Å². The van der Waals surface area contributed by atoms with Crippen molar-refractivity contribution in [3.63, 3.8) is 0 Å². The number of pyridine rings is 1. The van der Waals surface area contributed by atoms with Crippen LogP contribution in [0.2, 0.25) is 0 Å². The van der Waals surface area contributed by atoms with E-state index in [2.05, 4.69) is 4.98 Å². The largest absolute Gasteiger partial charge is 0.349 e. The van der Waals surface area contributed by atoms with Crippen molar-refractivity contribution in [2.45, 2.75) is 13.5 Å². The maximum absolute atomic E-state index is 13.0. The monoisotopic (exact) mass is 227 g/mol. The molecule has 16 heavy (non-hydrogen) atoms. The van der Waals surface area contributed by atoms with Crippen molar-refractivity contribution < 1.29 is 8.78 Å². The van der Waals surface area contributed by atoms with E-state index < -0.39 is 22.9 Å². The summed E-state index contributed by atoms with van der Waals surface area (Å²) in [6, 6.07) is 0. The molecule has 2 rings (SSSR count). The maximum Gasteiger partial charge on any atom is 0.349 e. The lowest BCUT2D eigenvalue weighted by Gasteiger charge is -2.02. The molecule has 1 N–H and O–H groups in total. The number of fused-ring (bicyclic) bond motifs is 1. The first kappa shape index (κ1) is 10.5. The van der Waals surface area contributed by atoms with Gasteiger partial charge in [0.25, 0.3) is 0 Å². The Hall–Kier alpha value is -2.05. The van der Waals surface area contributed by atoms with Gasteiger partial charge in [0, 0.05) is 12.7 Å². The Bertz CT molecular complexity index is 675. The first-order valence-corrected chi connectivity index (χ1v) is 4.53. The summed E-state index contributed by atoms with van der Waals surface area (Å²) in [6.07, 6.45) is 1.16. The van der Waals surface area contributed by atoms with Crippen LogP contribution in [-0.2, 0) is 6.54 Å². The van der Waals surface area contributed by atoms with Gasteiger partial charge < -0.3 is 4.98 Å². The molecule has 0 fully saturated rings. The van der Waals surface area contributed by atoms with E-state index in [1.165, 1.54) is 0 Å². The summed E-state index contributed by atoms with van der Waals surface area (Å²) in [6.45, 7) is 1.96. The molecular formula is C9H7F2N3O2. The molecule has 0 aliphatic heterocycles. The molecule has 0 aliphatic carbocycles. The van der Waals surface area contributed by atoms with E-state index in [-0.39, 0.29) is 11.0 Å². The summed E-state index contributed by atoms with van der Waals surface area (Å²) in [7, 11) is 0. The second kappa shape index (κ2) is 3.51. The van der Waals surface area contributed by atoms with Crippen LogP contribution in [0.1, 0.15) is 6.92 Å². The molecule has 84 valence electrons. The number of nitrogens with one attached hydrogen (secondary N) is 1. The highest BCUT2D eigenvalue weighted by Crippen LogP contribution is 2.05. The summed E-state index contributed by atoms with van der Waals surface area (Å²) in [4.78, 5) is 28.0. The molecule has 0 radical (unpaired) electrons. The maximum atomic E-state index is 13.0. The number of H-pyrrole nitrogens is 1. The Morgan fingerprint density at radius 2 is 2.12 bits per heavy atom. The SMILES string of the molecule is CCn1cc2c(=O)c(F)c(F)[nH]c2nc1=O. The Morgan fingerprint density at radius 1 is 1.44 bits per heavy atom. The van der Waals surface area contributed by atoms with Crippen molar-refractivity contribution >= 4 is 11.0 Å². The van der Waals surface area contributed by atoms with Gasteiger partial charge in [-0.1, -0.05) is 0 Å². The molecule has 2 heterocycles. The van der Waals surface area contributed by atoms with Gasteiger partial charge in [0.2, 0.25) is 17.2 Å². The van der Waals surface area contributed by atoms with E-state index in [9.17, 15) is 18.4 Å². The number of hydrogen-bond acceptors (Lipinski definition) is 3. The van der Waals surface area contributed by atoms with Gasteiger partial charge in [-0.3, -0.25) is 9.36 Å². The zero-order chi connectivity index (χ0) is 11.9. The number of rotatable bonds is 1. The fourth-order valence-corrected chi connectivity index (χ4v) is 1.36. The molecule has 0 aliphatic rings. The second-order valence-corrected chi connectivity index (χ2v) is 3.15. The molecule has 5 nitrogen and oxygen atoms in total. The average molecular weight is 227 g/mol. The highest BCUT2D eigenvalue weighted by molar-refractivity contribution is 5.72. The normalized spacial score (nSPS) is 10.9. The van der Waals surface area contributed by atoms with E-state index in [4.69, 9.17) is 0 Å². The molecule has 0 saturated heterocycles. The van der Waals surface area contributed by atoms with Crippen LogP contribution < -0.4 is 11.1 Å². The highest BCUT2D eigenvalue weighted by Gasteiger charge is 2.13. The minimum absolute atomic E-state index is 0.152. The zero-order valence-electron chi connectivity index (χ0n) is 8.25. The van der Waals surface area contributed by atoms with Crippen LogP contribution in [0.25, 0.3) is 11.0 Å². The minimum Gasteiger partial charge on any atom is -0.313 e. The molecule has 0 saturated carbocycles. The molecule has 7 heteroatoms. The molecule has 2 aromatic rings. The first-order valence-electron chi connectivity index (χ1n) is 4.53. The minimum atomic E-state index is -1.50. The summed E-state index contributed by atoms with van der Waals surface area (Å²) in [5, 5.41) is -0.152. The lowest BCUT2D eigenvalue weighted by atomic mass is 10.3. The van der Waals surface area contributed by atoms with Gasteiger partial charge in [-0.25, -0.2) is 4.79 Å². The number of aryl methyl sites for hydroxylation is 1. The predicted octanol–water partition coefficient (Wildman–Crippen LogP) is 0.383. The summed E-state index contributed by atoms with van der Waals surface area (Å²) >= 11 is 0. The standard InChI is InChI=1S/C9H7F2N3O2/c1-2-14-3-4-6(15)5(10)7(11)12-8(4)13-9(14)16/h3H,2H2,1H3,(H,12,13,16). The van der Waals surface area contributed by atoms with Crippen LogP contribution in [0.4, 0.5) is 8.78 Å². The summed E-state index contributed by atoms with van der Waals surface area (Å²) < 4.78 is 26.9. The van der Waals surface area contributed by atoms with E-state index in [0.717, 1.165) is 10.8 Å². The molecule has 0 unspecified atom stereocenters. The molecule has 0 spiro atoms. The molecule has 0 bridgehead atoms. The van der Waals surface area contributed by atoms with Crippen molar-refractivity contribution in [3.8, 4) is 0 Å². The number of nitrogens with zero attached hydrogens (tertiary/aromatic N) is 2. The van der Waals surface area contributed by atoms with Gasteiger partial charge in [0.05, 0.1) is 5.39 Å². The van der Waals surface area contributed by atoms with E-state index >= 15 is 0 Å².